The molecule has 0 spiro atoms. The first-order chi connectivity index (χ1) is 20.9. The van der Waals surface area contributed by atoms with Crippen LogP contribution in [0.15, 0.2) is 12.2 Å². The number of nitrogens with one attached hydrogen (secondary N) is 1. The number of hydrogen-bond acceptors (Lipinski definition) is 9. The summed E-state index contributed by atoms with van der Waals surface area (Å²) in [7, 11) is -5.40. The molecule has 45 heavy (non-hydrogen) atoms. The second-order valence-corrected chi connectivity index (χ2v) is 32.0. The standard InChI is InChI=1S/C32H70NO8Si4/c1-29(2)32(36)40-21-20-38-25-31(35)24-37-19-15-12-16-22-44(7,8)41-45(9,10)28-43(5,6)27-39-23-30(34)17-13-11-14-18-33-26-42(3)4/h30-31,33-35H,1,11-28H2,2-10H3. The van der Waals surface area contributed by atoms with E-state index in [1.807, 2.05) is 0 Å². The van der Waals surface area contributed by atoms with Crippen molar-refractivity contribution in [1.29, 1.82) is 0 Å². The van der Waals surface area contributed by atoms with Gasteiger partial charge in [0.25, 0.3) is 0 Å². The van der Waals surface area contributed by atoms with Crippen molar-refractivity contribution in [1.82, 2.24) is 5.32 Å². The van der Waals surface area contributed by atoms with E-state index < -0.39 is 36.8 Å². The Labute approximate surface area is 281 Å². The predicted molar refractivity (Wildman–Crippen MR) is 196 cm³/mol. The second-order valence-electron chi connectivity index (χ2n) is 14.9. The third-order valence-electron chi connectivity index (χ3n) is 7.13. The summed E-state index contributed by atoms with van der Waals surface area (Å²) >= 11 is 0. The van der Waals surface area contributed by atoms with Crippen molar-refractivity contribution in [2.75, 3.05) is 58.6 Å². The minimum atomic E-state index is -1.83. The lowest BCUT2D eigenvalue weighted by Crippen LogP contribution is -2.50. The molecule has 3 N–H and O–H groups in total. The molecule has 0 fully saturated rings. The number of ether oxygens (including phenoxy) is 4. The molecule has 0 saturated carbocycles. The highest BCUT2D eigenvalue weighted by Gasteiger charge is 2.38. The van der Waals surface area contributed by atoms with E-state index in [1.165, 1.54) is 12.6 Å². The Bertz CT molecular complexity index is 786. The van der Waals surface area contributed by atoms with Crippen molar-refractivity contribution < 1.29 is 38.1 Å². The van der Waals surface area contributed by atoms with Gasteiger partial charge in [0.1, 0.15) is 12.7 Å². The third kappa shape index (κ3) is 28.5. The van der Waals surface area contributed by atoms with Crippen LogP contribution in [0.3, 0.4) is 0 Å². The second kappa shape index (κ2) is 24.9. The van der Waals surface area contributed by atoms with Gasteiger partial charge < -0.3 is 38.6 Å². The average Bonchev–Trinajstić information content (AvgIpc) is 2.89. The van der Waals surface area contributed by atoms with E-state index >= 15 is 0 Å². The summed E-state index contributed by atoms with van der Waals surface area (Å²) in [6, 6.07) is 1.13. The summed E-state index contributed by atoms with van der Waals surface area (Å²) in [6.07, 6.45) is 8.26. The molecule has 2 unspecified atom stereocenters. The van der Waals surface area contributed by atoms with Crippen LogP contribution in [0.1, 0.15) is 51.9 Å². The molecule has 0 saturated heterocycles. The summed E-state index contributed by atoms with van der Waals surface area (Å²) in [4.78, 5) is 11.3. The van der Waals surface area contributed by atoms with E-state index in [9.17, 15) is 15.0 Å². The molecule has 9 nitrogen and oxygen atoms in total. The molecular weight excluding hydrogens is 639 g/mol. The Balaban J connectivity index is 4.04. The minimum Gasteiger partial charge on any atom is -0.460 e. The minimum absolute atomic E-state index is 0.139. The molecule has 0 aliphatic heterocycles. The molecule has 0 aromatic carbocycles. The average molecular weight is 709 g/mol. The lowest BCUT2D eigenvalue weighted by molar-refractivity contribution is -0.140. The summed E-state index contributed by atoms with van der Waals surface area (Å²) < 4.78 is 28.9. The van der Waals surface area contributed by atoms with E-state index in [0.717, 1.165) is 63.0 Å². The number of esters is 1. The van der Waals surface area contributed by atoms with Crippen molar-refractivity contribution in [3.8, 4) is 0 Å². The Morgan fingerprint density at radius 2 is 1.42 bits per heavy atom. The summed E-state index contributed by atoms with van der Waals surface area (Å²) in [5.41, 5.74) is 1.52. The van der Waals surface area contributed by atoms with Gasteiger partial charge in [-0.3, -0.25) is 0 Å². The molecule has 0 amide bonds. The maximum Gasteiger partial charge on any atom is 0.333 e. The highest BCUT2D eigenvalue weighted by Crippen LogP contribution is 2.27. The van der Waals surface area contributed by atoms with Crippen LogP contribution in [0.25, 0.3) is 0 Å². The van der Waals surface area contributed by atoms with Gasteiger partial charge in [-0.25, -0.2) is 4.79 Å². The Kier molecular flexibility index (Phi) is 24.8. The van der Waals surface area contributed by atoms with Gasteiger partial charge in [-0.05, 0) is 76.8 Å². The lowest BCUT2D eigenvalue weighted by atomic mass is 10.1. The first-order valence-corrected chi connectivity index (χ1v) is 29.4. The van der Waals surface area contributed by atoms with Crippen LogP contribution in [0.5, 0.6) is 0 Å². The van der Waals surface area contributed by atoms with Crippen LogP contribution in [0.4, 0.5) is 0 Å². The van der Waals surface area contributed by atoms with Crippen molar-refractivity contribution in [3.05, 3.63) is 12.2 Å². The van der Waals surface area contributed by atoms with Crippen molar-refractivity contribution in [3.63, 3.8) is 0 Å². The lowest BCUT2D eigenvalue weighted by Gasteiger charge is -2.38. The van der Waals surface area contributed by atoms with Crippen LogP contribution >= 0.6 is 0 Å². The van der Waals surface area contributed by atoms with Crippen LogP contribution in [-0.4, -0.2) is 120 Å². The van der Waals surface area contributed by atoms with Gasteiger partial charge in [0.2, 0.25) is 0 Å². The quantitative estimate of drug-likeness (QED) is 0.0374. The summed E-state index contributed by atoms with van der Waals surface area (Å²) in [5, 5.41) is 23.9. The number of carbonyl (C=O) groups excluding carboxylic acids is 1. The van der Waals surface area contributed by atoms with E-state index in [4.69, 9.17) is 23.1 Å². The summed E-state index contributed by atoms with van der Waals surface area (Å²) in [6.45, 7) is 26.9. The van der Waals surface area contributed by atoms with Gasteiger partial charge in [0.05, 0.1) is 49.4 Å². The van der Waals surface area contributed by atoms with Crippen LogP contribution in [0.2, 0.25) is 64.1 Å². The number of unbranched alkanes of at least 4 members (excludes halogenated alkanes) is 4. The van der Waals surface area contributed by atoms with Crippen molar-refractivity contribution in [2.24, 2.45) is 0 Å². The smallest absolute Gasteiger partial charge is 0.333 e. The van der Waals surface area contributed by atoms with E-state index in [-0.39, 0.29) is 41.3 Å². The fraction of sp³-hybridized carbons (Fsp3) is 0.906. The van der Waals surface area contributed by atoms with Gasteiger partial charge in [-0.1, -0.05) is 58.5 Å². The van der Waals surface area contributed by atoms with Crippen LogP contribution in [0, 0.1) is 0 Å². The monoisotopic (exact) mass is 708 g/mol. The molecule has 0 aliphatic rings. The zero-order valence-corrected chi connectivity index (χ0v) is 34.4. The fourth-order valence-electron chi connectivity index (χ4n) is 5.47. The molecule has 2 atom stereocenters. The van der Waals surface area contributed by atoms with E-state index in [0.29, 0.717) is 18.8 Å². The maximum absolute atomic E-state index is 11.3. The number of carbonyl (C=O) groups is 1. The first kappa shape index (κ1) is 44.8. The zero-order chi connectivity index (χ0) is 34.4. The third-order valence-corrected chi connectivity index (χ3v) is 22.3. The maximum atomic E-state index is 11.3. The zero-order valence-electron chi connectivity index (χ0n) is 30.4. The number of hydrogen-bond donors (Lipinski definition) is 3. The van der Waals surface area contributed by atoms with Gasteiger partial charge >= 0.3 is 5.97 Å². The molecule has 0 aliphatic carbocycles. The van der Waals surface area contributed by atoms with Gasteiger partial charge in [-0.15, -0.1) is 0 Å². The van der Waals surface area contributed by atoms with E-state index in [1.54, 1.807) is 6.92 Å². The van der Waals surface area contributed by atoms with Crippen LogP contribution < -0.4 is 5.32 Å². The Morgan fingerprint density at radius 3 is 2.07 bits per heavy atom. The topological polar surface area (TPSA) is 116 Å². The normalized spacial score (nSPS) is 14.1. The molecule has 13 heteroatoms. The summed E-state index contributed by atoms with van der Waals surface area (Å²) in [5.74, 6) is -0.437. The Hall–Kier alpha value is -0.202. The highest BCUT2D eigenvalue weighted by atomic mass is 28.4. The molecule has 267 valence electrons. The number of aliphatic hydroxyl groups excluding tert-OH is 2. The Morgan fingerprint density at radius 1 is 0.800 bits per heavy atom. The van der Waals surface area contributed by atoms with E-state index in [2.05, 4.69) is 64.3 Å². The van der Waals surface area contributed by atoms with Gasteiger partial charge in [-0.2, -0.15) is 0 Å². The molecule has 0 bridgehead atoms. The van der Waals surface area contributed by atoms with Crippen molar-refractivity contribution in [2.45, 2.75) is 128 Å². The molecule has 0 rings (SSSR count). The molecule has 0 aromatic rings. The van der Waals surface area contributed by atoms with Gasteiger partial charge in [0, 0.05) is 18.4 Å². The SMILES string of the molecule is C=C(C)C(=O)OCCOCC(O)COCCCCC[Si](C)(C)O[Si](C)(C)C[Si](C)(C)COCC(O)CCCCCNC[Si](C)C. The molecular formula is C32H70NO8Si4. The highest BCUT2D eigenvalue weighted by molar-refractivity contribution is 6.96. The molecule has 0 heterocycles. The predicted octanol–water partition coefficient (Wildman–Crippen LogP) is 5.70. The first-order valence-electron chi connectivity index (χ1n) is 17.1. The largest absolute Gasteiger partial charge is 0.460 e. The van der Waals surface area contributed by atoms with Gasteiger partial charge in [0.15, 0.2) is 16.6 Å². The number of aliphatic hydroxyl groups is 2. The molecule has 0 aromatic heterocycles. The fourth-order valence-corrected chi connectivity index (χ4v) is 24.9. The van der Waals surface area contributed by atoms with Crippen molar-refractivity contribution >= 4 is 39.5 Å². The number of rotatable bonds is 30. The van der Waals surface area contributed by atoms with Crippen LogP contribution in [-0.2, 0) is 27.9 Å². The molecule has 1 radical (unpaired) electrons.